The van der Waals surface area contributed by atoms with Gasteiger partial charge < -0.3 is 0 Å². The molecule has 0 spiro atoms. The summed E-state index contributed by atoms with van der Waals surface area (Å²) in [5, 5.41) is 11.9. The molecule has 0 fully saturated rings. The number of anilines is 1. The number of aromatic nitrogens is 2. The van der Waals surface area contributed by atoms with E-state index >= 15 is 0 Å². The minimum atomic E-state index is -0.437. The Bertz CT molecular complexity index is 571. The summed E-state index contributed by atoms with van der Waals surface area (Å²) in [5.74, 6) is -0.814. The molecule has 100 valence electrons. The van der Waals surface area contributed by atoms with E-state index in [4.69, 9.17) is 0 Å². The van der Waals surface area contributed by atoms with Crippen LogP contribution in [0.2, 0.25) is 0 Å². The molecule has 0 radical (unpaired) electrons. The van der Waals surface area contributed by atoms with Crippen LogP contribution in [0.15, 0.2) is 24.3 Å². The fourth-order valence-corrected chi connectivity index (χ4v) is 2.31. The lowest BCUT2D eigenvalue weighted by Crippen LogP contribution is -2.11. The highest BCUT2D eigenvalue weighted by Crippen LogP contribution is 2.18. The Hall–Kier alpha value is -1.82. The lowest BCUT2D eigenvalue weighted by atomic mass is 10.2. The van der Waals surface area contributed by atoms with Gasteiger partial charge in [0.05, 0.1) is 0 Å². The van der Waals surface area contributed by atoms with E-state index in [9.17, 15) is 9.18 Å². The molecule has 6 heteroatoms. The topological polar surface area (TPSA) is 54.9 Å². The van der Waals surface area contributed by atoms with Gasteiger partial charge in [-0.25, -0.2) is 4.39 Å². The summed E-state index contributed by atoms with van der Waals surface area (Å²) in [6, 6.07) is 5.54. The molecule has 1 aromatic carbocycles. The van der Waals surface area contributed by atoms with Gasteiger partial charge in [0.25, 0.3) is 5.91 Å². The van der Waals surface area contributed by atoms with Crippen LogP contribution in [0, 0.1) is 5.82 Å². The van der Waals surface area contributed by atoms with Gasteiger partial charge in [-0.2, -0.15) is 0 Å². The van der Waals surface area contributed by atoms with Crippen molar-refractivity contribution in [2.45, 2.75) is 26.2 Å². The zero-order valence-corrected chi connectivity index (χ0v) is 11.3. The van der Waals surface area contributed by atoms with Crippen LogP contribution >= 0.6 is 11.3 Å². The van der Waals surface area contributed by atoms with E-state index in [1.807, 2.05) is 0 Å². The first-order valence-corrected chi connectivity index (χ1v) is 6.90. The number of unbranched alkanes of at least 4 members (excludes halogenated alkanes) is 1. The first-order valence-electron chi connectivity index (χ1n) is 6.08. The number of halogens is 1. The van der Waals surface area contributed by atoms with Gasteiger partial charge in [-0.05, 0) is 24.6 Å². The molecule has 0 aliphatic carbocycles. The molecule has 0 atom stereocenters. The number of aryl methyl sites for hydroxylation is 1. The Morgan fingerprint density at radius 1 is 1.42 bits per heavy atom. The molecule has 0 unspecified atom stereocenters. The third-order valence-corrected chi connectivity index (χ3v) is 3.42. The first-order chi connectivity index (χ1) is 9.19. The molecule has 1 amide bonds. The molecule has 0 saturated carbocycles. The smallest absolute Gasteiger partial charge is 0.257 e. The summed E-state index contributed by atoms with van der Waals surface area (Å²) in [6.07, 6.45) is 3.00. The number of rotatable bonds is 5. The number of carbonyl (C=O) groups is 1. The molecular formula is C13H14FN3OS. The maximum absolute atomic E-state index is 13.0. The van der Waals surface area contributed by atoms with Crippen molar-refractivity contribution in [1.82, 2.24) is 10.2 Å². The van der Waals surface area contributed by atoms with Gasteiger partial charge in [0.15, 0.2) is 0 Å². The maximum Gasteiger partial charge on any atom is 0.257 e. The molecule has 2 aromatic rings. The summed E-state index contributed by atoms with van der Waals surface area (Å²) in [7, 11) is 0. The Morgan fingerprint density at radius 3 is 3.00 bits per heavy atom. The highest BCUT2D eigenvalue weighted by atomic mass is 32.1. The fourth-order valence-electron chi connectivity index (χ4n) is 1.53. The van der Waals surface area contributed by atoms with Crippen LogP contribution in [0.1, 0.15) is 35.1 Å². The number of carbonyl (C=O) groups excluding carboxylic acids is 1. The average molecular weight is 279 g/mol. The quantitative estimate of drug-likeness (QED) is 0.913. The second kappa shape index (κ2) is 6.38. The molecule has 0 aliphatic rings. The van der Waals surface area contributed by atoms with Gasteiger partial charge in [0.1, 0.15) is 10.8 Å². The Kier molecular flexibility index (Phi) is 4.57. The lowest BCUT2D eigenvalue weighted by molar-refractivity contribution is 0.102. The van der Waals surface area contributed by atoms with Crippen LogP contribution < -0.4 is 5.32 Å². The van der Waals surface area contributed by atoms with Gasteiger partial charge in [0, 0.05) is 12.0 Å². The average Bonchev–Trinajstić information content (AvgIpc) is 2.84. The molecule has 19 heavy (non-hydrogen) atoms. The zero-order chi connectivity index (χ0) is 13.7. The number of nitrogens with one attached hydrogen (secondary N) is 1. The summed E-state index contributed by atoms with van der Waals surface area (Å²) in [6.45, 7) is 2.10. The first kappa shape index (κ1) is 13.6. The van der Waals surface area contributed by atoms with E-state index in [0.29, 0.717) is 5.13 Å². The second-order valence-electron chi connectivity index (χ2n) is 4.07. The highest BCUT2D eigenvalue weighted by molar-refractivity contribution is 7.15. The van der Waals surface area contributed by atoms with Crippen LogP contribution in [-0.4, -0.2) is 16.1 Å². The van der Waals surface area contributed by atoms with Crippen molar-refractivity contribution in [1.29, 1.82) is 0 Å². The Balaban J connectivity index is 2.00. The Labute approximate surface area is 114 Å². The van der Waals surface area contributed by atoms with Gasteiger partial charge >= 0.3 is 0 Å². The largest absolute Gasteiger partial charge is 0.296 e. The van der Waals surface area contributed by atoms with Crippen molar-refractivity contribution in [2.24, 2.45) is 0 Å². The monoisotopic (exact) mass is 279 g/mol. The Morgan fingerprint density at radius 2 is 2.26 bits per heavy atom. The van der Waals surface area contributed by atoms with Crippen LogP contribution in [0.5, 0.6) is 0 Å². The van der Waals surface area contributed by atoms with E-state index in [-0.39, 0.29) is 11.5 Å². The highest BCUT2D eigenvalue weighted by Gasteiger charge is 2.10. The minimum absolute atomic E-state index is 0.269. The predicted octanol–water partition coefficient (Wildman–Crippen LogP) is 3.27. The van der Waals surface area contributed by atoms with Gasteiger partial charge in [-0.3, -0.25) is 10.1 Å². The van der Waals surface area contributed by atoms with Gasteiger partial charge in [0.2, 0.25) is 5.13 Å². The van der Waals surface area contributed by atoms with Crippen molar-refractivity contribution in [3.8, 4) is 0 Å². The van der Waals surface area contributed by atoms with Crippen molar-refractivity contribution in [3.63, 3.8) is 0 Å². The molecule has 1 N–H and O–H groups in total. The van der Waals surface area contributed by atoms with E-state index in [1.165, 1.54) is 29.5 Å². The van der Waals surface area contributed by atoms with Crippen LogP contribution in [0.25, 0.3) is 0 Å². The molecule has 2 rings (SSSR count). The third-order valence-electron chi connectivity index (χ3n) is 2.52. The minimum Gasteiger partial charge on any atom is -0.296 e. The van der Waals surface area contributed by atoms with Crippen molar-refractivity contribution >= 4 is 22.4 Å². The normalized spacial score (nSPS) is 10.4. The maximum atomic E-state index is 13.0. The number of benzene rings is 1. The number of hydrogen-bond acceptors (Lipinski definition) is 4. The van der Waals surface area contributed by atoms with Gasteiger partial charge in [-0.1, -0.05) is 30.7 Å². The summed E-state index contributed by atoms with van der Waals surface area (Å²) in [5.41, 5.74) is 0.269. The van der Waals surface area contributed by atoms with E-state index < -0.39 is 5.82 Å². The van der Waals surface area contributed by atoms with E-state index in [1.54, 1.807) is 6.07 Å². The van der Waals surface area contributed by atoms with Crippen LogP contribution in [0.4, 0.5) is 9.52 Å². The SMILES string of the molecule is CCCCc1nnc(NC(=O)c2cccc(F)c2)s1. The fraction of sp³-hybridized carbons (Fsp3) is 0.308. The molecule has 0 saturated heterocycles. The van der Waals surface area contributed by atoms with Crippen molar-refractivity contribution in [3.05, 3.63) is 40.7 Å². The van der Waals surface area contributed by atoms with E-state index in [0.717, 1.165) is 24.3 Å². The van der Waals surface area contributed by atoms with E-state index in [2.05, 4.69) is 22.4 Å². The van der Waals surface area contributed by atoms with Crippen LogP contribution in [0.3, 0.4) is 0 Å². The molecule has 1 heterocycles. The molecular weight excluding hydrogens is 265 g/mol. The standard InChI is InChI=1S/C13H14FN3OS/c1-2-3-7-11-16-17-13(19-11)15-12(18)9-5-4-6-10(14)8-9/h4-6,8H,2-3,7H2,1H3,(H,15,17,18). The molecule has 0 aliphatic heterocycles. The van der Waals surface area contributed by atoms with Crippen molar-refractivity contribution < 1.29 is 9.18 Å². The molecule has 0 bridgehead atoms. The summed E-state index contributed by atoms with van der Waals surface area (Å²) < 4.78 is 13.0. The van der Waals surface area contributed by atoms with Crippen LogP contribution in [-0.2, 0) is 6.42 Å². The number of amides is 1. The summed E-state index contributed by atoms with van der Waals surface area (Å²) in [4.78, 5) is 11.9. The number of hydrogen-bond donors (Lipinski definition) is 1. The predicted molar refractivity (Wildman–Crippen MR) is 72.9 cm³/mol. The molecule has 4 nitrogen and oxygen atoms in total. The second-order valence-corrected chi connectivity index (χ2v) is 5.13. The summed E-state index contributed by atoms with van der Waals surface area (Å²) >= 11 is 1.35. The molecule has 1 aromatic heterocycles. The van der Waals surface area contributed by atoms with Crippen molar-refractivity contribution in [2.75, 3.05) is 5.32 Å². The van der Waals surface area contributed by atoms with Gasteiger partial charge in [-0.15, -0.1) is 10.2 Å². The number of nitrogens with zero attached hydrogens (tertiary/aromatic N) is 2. The zero-order valence-electron chi connectivity index (χ0n) is 10.5. The lowest BCUT2D eigenvalue weighted by Gasteiger charge is -2.00. The third kappa shape index (κ3) is 3.82.